The maximum atomic E-state index is 12.4. The van der Waals surface area contributed by atoms with Gasteiger partial charge in [-0.25, -0.2) is 0 Å². The van der Waals surface area contributed by atoms with Crippen molar-refractivity contribution in [3.8, 4) is 0 Å². The zero-order chi connectivity index (χ0) is 21.8. The molecule has 0 bridgehead atoms. The van der Waals surface area contributed by atoms with Crippen molar-refractivity contribution in [2.45, 2.75) is 84.2 Å². The van der Waals surface area contributed by atoms with Crippen LogP contribution in [0.4, 0.5) is 0 Å². The van der Waals surface area contributed by atoms with Crippen LogP contribution in [0.3, 0.4) is 0 Å². The van der Waals surface area contributed by atoms with Crippen LogP contribution in [0.15, 0.2) is 0 Å². The number of amides is 2. The van der Waals surface area contributed by atoms with Gasteiger partial charge in [-0.2, -0.15) is 0 Å². The van der Waals surface area contributed by atoms with Gasteiger partial charge in [0.1, 0.15) is 0 Å². The summed E-state index contributed by atoms with van der Waals surface area (Å²) < 4.78 is 10.9. The van der Waals surface area contributed by atoms with Crippen molar-refractivity contribution in [2.24, 2.45) is 11.8 Å². The van der Waals surface area contributed by atoms with E-state index in [-0.39, 0.29) is 6.10 Å². The van der Waals surface area contributed by atoms with E-state index in [0.717, 1.165) is 90.8 Å². The topological polar surface area (TPSA) is 59.1 Å². The molecule has 30 heavy (non-hydrogen) atoms. The maximum absolute atomic E-state index is 12.4. The summed E-state index contributed by atoms with van der Waals surface area (Å²) in [5, 5.41) is 0. The quantitative estimate of drug-likeness (QED) is 0.446. The summed E-state index contributed by atoms with van der Waals surface area (Å²) >= 11 is 0. The van der Waals surface area contributed by atoms with E-state index in [1.165, 1.54) is 0 Å². The van der Waals surface area contributed by atoms with Gasteiger partial charge in [-0.1, -0.05) is 12.8 Å². The fourth-order valence-corrected chi connectivity index (χ4v) is 4.48. The maximum Gasteiger partial charge on any atom is 0.222 e. The van der Waals surface area contributed by atoms with Gasteiger partial charge in [0.15, 0.2) is 0 Å². The summed E-state index contributed by atoms with van der Waals surface area (Å²) in [4.78, 5) is 28.8. The van der Waals surface area contributed by atoms with Crippen LogP contribution in [0, 0.1) is 11.8 Å². The van der Waals surface area contributed by atoms with E-state index in [0.29, 0.717) is 36.5 Å². The van der Waals surface area contributed by atoms with Crippen LogP contribution in [0.5, 0.6) is 0 Å². The minimum absolute atomic E-state index is 0.285. The monoisotopic (exact) mass is 424 g/mol. The number of rotatable bonds is 12. The summed E-state index contributed by atoms with van der Waals surface area (Å²) in [6.07, 6.45) is 9.76. The average Bonchev–Trinajstić information content (AvgIpc) is 2.75. The predicted octanol–water partition coefficient (Wildman–Crippen LogP) is 3.88. The highest BCUT2D eigenvalue weighted by Crippen LogP contribution is 2.20. The van der Waals surface area contributed by atoms with E-state index in [2.05, 4.69) is 13.8 Å². The molecule has 0 aromatic carbocycles. The van der Waals surface area contributed by atoms with Crippen molar-refractivity contribution < 1.29 is 19.1 Å². The van der Waals surface area contributed by atoms with E-state index >= 15 is 0 Å². The van der Waals surface area contributed by atoms with E-state index in [9.17, 15) is 9.59 Å². The van der Waals surface area contributed by atoms with Crippen molar-refractivity contribution in [3.05, 3.63) is 0 Å². The molecule has 0 spiro atoms. The average molecular weight is 425 g/mol. The predicted molar refractivity (Wildman–Crippen MR) is 119 cm³/mol. The van der Waals surface area contributed by atoms with Crippen molar-refractivity contribution >= 4 is 11.8 Å². The molecule has 174 valence electrons. The van der Waals surface area contributed by atoms with Crippen LogP contribution >= 0.6 is 0 Å². The van der Waals surface area contributed by atoms with E-state index in [4.69, 9.17) is 9.47 Å². The molecule has 0 aromatic heterocycles. The Morgan fingerprint density at radius 2 is 1.20 bits per heavy atom. The minimum Gasteiger partial charge on any atom is -0.384 e. The number of carbonyl (C=O) groups excluding carboxylic acids is 2. The molecule has 2 amide bonds. The lowest BCUT2D eigenvalue weighted by molar-refractivity contribution is -0.134. The molecule has 2 heterocycles. The van der Waals surface area contributed by atoms with Gasteiger partial charge in [0.2, 0.25) is 11.8 Å². The number of ether oxygens (including phenoxy) is 2. The normalized spacial score (nSPS) is 18.9. The molecule has 0 aliphatic carbocycles. The Labute approximate surface area is 183 Å². The standard InChI is InChI=1S/C24H44N2O4/c1-20(2)30-19-22-12-16-26(17-13-22)24(28)9-7-5-4-6-8-23(27)25-14-10-21(11-15-25)18-29-3/h20-22H,4-19H2,1-3H3. The van der Waals surface area contributed by atoms with Gasteiger partial charge in [0.05, 0.1) is 6.10 Å². The zero-order valence-corrected chi connectivity index (χ0v) is 19.6. The first-order chi connectivity index (χ1) is 14.5. The van der Waals surface area contributed by atoms with Gasteiger partial charge < -0.3 is 19.3 Å². The zero-order valence-electron chi connectivity index (χ0n) is 19.6. The molecule has 6 heteroatoms. The summed E-state index contributed by atoms with van der Waals surface area (Å²) in [6.45, 7) is 9.28. The molecule has 0 saturated carbocycles. The highest BCUT2D eigenvalue weighted by Gasteiger charge is 2.23. The Balaban J connectivity index is 1.47. The van der Waals surface area contributed by atoms with Crippen LogP contribution in [0.2, 0.25) is 0 Å². The van der Waals surface area contributed by atoms with Crippen molar-refractivity contribution in [1.29, 1.82) is 0 Å². The summed E-state index contributed by atoms with van der Waals surface area (Å²) in [5.41, 5.74) is 0. The molecule has 0 radical (unpaired) electrons. The number of unbranched alkanes of at least 4 members (excludes halogenated alkanes) is 3. The summed E-state index contributed by atoms with van der Waals surface area (Å²) in [5.74, 6) is 1.80. The van der Waals surface area contributed by atoms with Gasteiger partial charge in [0, 0.05) is 59.3 Å². The molecule has 2 fully saturated rings. The SMILES string of the molecule is COCC1CCN(C(=O)CCCCCCC(=O)N2CCC(COC(C)C)CC2)CC1. The molecule has 2 saturated heterocycles. The Morgan fingerprint density at radius 3 is 1.60 bits per heavy atom. The largest absolute Gasteiger partial charge is 0.384 e. The van der Waals surface area contributed by atoms with E-state index < -0.39 is 0 Å². The van der Waals surface area contributed by atoms with Gasteiger partial charge in [0.25, 0.3) is 0 Å². The molecule has 2 rings (SSSR count). The Morgan fingerprint density at radius 1 is 0.767 bits per heavy atom. The third kappa shape index (κ3) is 9.34. The first-order valence-electron chi connectivity index (χ1n) is 12.2. The number of nitrogens with zero attached hydrogens (tertiary/aromatic N) is 2. The summed E-state index contributed by atoms with van der Waals surface area (Å²) in [6, 6.07) is 0. The number of carbonyl (C=O) groups is 2. The molecule has 2 aliphatic heterocycles. The first kappa shape index (κ1) is 25.1. The third-order valence-electron chi connectivity index (χ3n) is 6.53. The van der Waals surface area contributed by atoms with Crippen LogP contribution < -0.4 is 0 Å². The molecule has 0 aromatic rings. The molecule has 0 N–H and O–H groups in total. The lowest BCUT2D eigenvalue weighted by Crippen LogP contribution is -2.39. The second kappa shape index (κ2) is 14.0. The molecule has 0 unspecified atom stereocenters. The highest BCUT2D eigenvalue weighted by molar-refractivity contribution is 5.76. The molecular weight excluding hydrogens is 380 g/mol. The number of piperidine rings is 2. The van der Waals surface area contributed by atoms with Crippen molar-refractivity contribution in [3.63, 3.8) is 0 Å². The molecule has 2 aliphatic rings. The molecule has 0 atom stereocenters. The van der Waals surface area contributed by atoms with Gasteiger partial charge >= 0.3 is 0 Å². The van der Waals surface area contributed by atoms with Gasteiger partial charge in [-0.05, 0) is 64.2 Å². The number of methoxy groups -OCH3 is 1. The lowest BCUT2D eigenvalue weighted by atomic mass is 9.97. The van der Waals surface area contributed by atoms with E-state index in [1.54, 1.807) is 7.11 Å². The Bertz CT molecular complexity index is 495. The number of hydrogen-bond donors (Lipinski definition) is 0. The van der Waals surface area contributed by atoms with Crippen LogP contribution in [0.1, 0.15) is 78.1 Å². The second-order valence-electron chi connectivity index (χ2n) is 9.40. The first-order valence-corrected chi connectivity index (χ1v) is 12.2. The van der Waals surface area contributed by atoms with Crippen LogP contribution in [-0.2, 0) is 19.1 Å². The number of hydrogen-bond acceptors (Lipinski definition) is 4. The highest BCUT2D eigenvalue weighted by atomic mass is 16.5. The Hall–Kier alpha value is -1.14. The molecular formula is C24H44N2O4. The van der Waals surface area contributed by atoms with Gasteiger partial charge in [-0.15, -0.1) is 0 Å². The van der Waals surface area contributed by atoms with Crippen LogP contribution in [-0.4, -0.2) is 74.2 Å². The minimum atomic E-state index is 0.285. The fourth-order valence-electron chi connectivity index (χ4n) is 4.48. The smallest absolute Gasteiger partial charge is 0.222 e. The summed E-state index contributed by atoms with van der Waals surface area (Å²) in [7, 11) is 1.75. The Kier molecular flexibility index (Phi) is 11.7. The second-order valence-corrected chi connectivity index (χ2v) is 9.40. The van der Waals surface area contributed by atoms with E-state index in [1.807, 2.05) is 9.80 Å². The number of likely N-dealkylation sites (tertiary alicyclic amines) is 2. The third-order valence-corrected chi connectivity index (χ3v) is 6.53. The van der Waals surface area contributed by atoms with Gasteiger partial charge in [-0.3, -0.25) is 9.59 Å². The van der Waals surface area contributed by atoms with Crippen molar-refractivity contribution in [2.75, 3.05) is 46.5 Å². The lowest BCUT2D eigenvalue weighted by Gasteiger charge is -2.32. The van der Waals surface area contributed by atoms with Crippen molar-refractivity contribution in [1.82, 2.24) is 9.80 Å². The van der Waals surface area contributed by atoms with Crippen LogP contribution in [0.25, 0.3) is 0 Å². The molecule has 6 nitrogen and oxygen atoms in total. The fraction of sp³-hybridized carbons (Fsp3) is 0.917.